The third kappa shape index (κ3) is 2.24. The van der Waals surface area contributed by atoms with Gasteiger partial charge in [-0.25, -0.2) is 9.18 Å². The molecule has 0 aliphatic carbocycles. The highest BCUT2D eigenvalue weighted by Crippen LogP contribution is 2.26. The van der Waals surface area contributed by atoms with E-state index in [2.05, 4.69) is 0 Å². The maximum absolute atomic E-state index is 13.4. The topological polar surface area (TPSA) is 54.4 Å². The zero-order chi connectivity index (χ0) is 12.4. The van der Waals surface area contributed by atoms with Gasteiger partial charge in [0.05, 0.1) is 10.4 Å². The number of carbonyl (C=O) groups excluding carboxylic acids is 1. The standard InChI is InChI=1S/C12H7FO3S/c13-11-4-7(1-2-10(11)12(15)16)8-3-9(5-14)17-6-8/h1-6H,(H,15,16). The number of rotatable bonds is 3. The molecule has 3 nitrogen and oxygen atoms in total. The first-order valence-corrected chi connectivity index (χ1v) is 5.56. The van der Waals surface area contributed by atoms with Gasteiger partial charge in [-0.2, -0.15) is 0 Å². The summed E-state index contributed by atoms with van der Waals surface area (Å²) in [4.78, 5) is 21.7. The van der Waals surface area contributed by atoms with Crippen LogP contribution in [0.15, 0.2) is 29.6 Å². The Morgan fingerprint density at radius 2 is 2.06 bits per heavy atom. The van der Waals surface area contributed by atoms with Crippen molar-refractivity contribution in [2.24, 2.45) is 0 Å². The molecule has 0 atom stereocenters. The minimum Gasteiger partial charge on any atom is -0.478 e. The van der Waals surface area contributed by atoms with E-state index in [1.165, 1.54) is 23.5 Å². The van der Waals surface area contributed by atoms with E-state index in [4.69, 9.17) is 5.11 Å². The summed E-state index contributed by atoms with van der Waals surface area (Å²) in [6.07, 6.45) is 0.718. The van der Waals surface area contributed by atoms with Gasteiger partial charge in [-0.1, -0.05) is 6.07 Å². The van der Waals surface area contributed by atoms with Gasteiger partial charge in [-0.05, 0) is 34.7 Å². The molecule has 0 bridgehead atoms. The van der Waals surface area contributed by atoms with E-state index < -0.39 is 11.8 Å². The van der Waals surface area contributed by atoms with Gasteiger partial charge in [0.15, 0.2) is 6.29 Å². The highest BCUT2D eigenvalue weighted by molar-refractivity contribution is 7.12. The van der Waals surface area contributed by atoms with Crippen LogP contribution in [-0.4, -0.2) is 17.4 Å². The fraction of sp³-hybridized carbons (Fsp3) is 0. The Labute approximate surface area is 100 Å². The normalized spacial score (nSPS) is 10.2. The van der Waals surface area contributed by atoms with Crippen molar-refractivity contribution >= 4 is 23.6 Å². The molecule has 0 saturated heterocycles. The van der Waals surface area contributed by atoms with Crippen molar-refractivity contribution < 1.29 is 19.1 Å². The molecule has 1 N–H and O–H groups in total. The van der Waals surface area contributed by atoms with Crippen LogP contribution < -0.4 is 0 Å². The Bertz CT molecular complexity index is 589. The minimum absolute atomic E-state index is 0.361. The number of carbonyl (C=O) groups is 2. The van der Waals surface area contributed by atoms with Crippen LogP contribution in [0.25, 0.3) is 11.1 Å². The molecule has 5 heteroatoms. The first kappa shape index (κ1) is 11.5. The van der Waals surface area contributed by atoms with Gasteiger partial charge >= 0.3 is 5.97 Å². The molecular weight excluding hydrogens is 243 g/mol. The van der Waals surface area contributed by atoms with Gasteiger partial charge in [0.1, 0.15) is 5.82 Å². The third-order valence-corrected chi connectivity index (χ3v) is 3.13. The molecule has 0 aliphatic heterocycles. The molecule has 0 unspecified atom stereocenters. The SMILES string of the molecule is O=Cc1cc(-c2ccc(C(=O)O)c(F)c2)cs1. The quantitative estimate of drug-likeness (QED) is 0.852. The number of carboxylic acid groups (broad SMARTS) is 1. The molecule has 1 heterocycles. The second-order valence-electron chi connectivity index (χ2n) is 3.36. The summed E-state index contributed by atoms with van der Waals surface area (Å²) in [5.74, 6) is -2.08. The van der Waals surface area contributed by atoms with Crippen molar-refractivity contribution in [1.82, 2.24) is 0 Å². The van der Waals surface area contributed by atoms with E-state index in [-0.39, 0.29) is 5.56 Å². The summed E-state index contributed by atoms with van der Waals surface area (Å²) in [5.41, 5.74) is 0.893. The predicted octanol–water partition coefficient (Wildman–Crippen LogP) is 3.06. The van der Waals surface area contributed by atoms with Crippen molar-refractivity contribution in [2.75, 3.05) is 0 Å². The summed E-state index contributed by atoms with van der Waals surface area (Å²) in [7, 11) is 0. The maximum Gasteiger partial charge on any atom is 0.338 e. The van der Waals surface area contributed by atoms with Gasteiger partial charge in [-0.15, -0.1) is 11.3 Å². The van der Waals surface area contributed by atoms with E-state index in [9.17, 15) is 14.0 Å². The Kier molecular flexibility index (Phi) is 3.01. The van der Waals surface area contributed by atoms with Crippen molar-refractivity contribution in [2.45, 2.75) is 0 Å². The van der Waals surface area contributed by atoms with Crippen LogP contribution in [0, 0.1) is 5.82 Å². The number of carboxylic acids is 1. The van der Waals surface area contributed by atoms with Crippen LogP contribution in [-0.2, 0) is 0 Å². The lowest BCUT2D eigenvalue weighted by atomic mass is 10.1. The predicted molar refractivity (Wildman–Crippen MR) is 62.1 cm³/mol. The number of aldehydes is 1. The summed E-state index contributed by atoms with van der Waals surface area (Å²) in [6.45, 7) is 0. The van der Waals surface area contributed by atoms with Crippen LogP contribution in [0.2, 0.25) is 0 Å². The van der Waals surface area contributed by atoms with Crippen molar-refractivity contribution in [3.05, 3.63) is 45.9 Å². The van der Waals surface area contributed by atoms with Gasteiger partial charge in [0, 0.05) is 0 Å². The highest BCUT2D eigenvalue weighted by Gasteiger charge is 2.11. The molecule has 0 amide bonds. The van der Waals surface area contributed by atoms with Gasteiger partial charge < -0.3 is 5.11 Å². The zero-order valence-electron chi connectivity index (χ0n) is 8.51. The Balaban J connectivity index is 2.43. The number of aromatic carboxylic acids is 1. The third-order valence-electron chi connectivity index (χ3n) is 2.27. The molecule has 0 spiro atoms. The average molecular weight is 250 g/mol. The lowest BCUT2D eigenvalue weighted by Gasteiger charge is -2.01. The van der Waals surface area contributed by atoms with Crippen LogP contribution in [0.3, 0.4) is 0 Å². The Hall–Kier alpha value is -2.01. The maximum atomic E-state index is 13.4. The monoisotopic (exact) mass is 250 g/mol. The van der Waals surface area contributed by atoms with E-state index >= 15 is 0 Å². The van der Waals surface area contributed by atoms with E-state index in [1.807, 2.05) is 0 Å². The molecule has 0 radical (unpaired) electrons. The summed E-state index contributed by atoms with van der Waals surface area (Å²) in [5, 5.41) is 10.4. The van der Waals surface area contributed by atoms with E-state index in [0.717, 1.165) is 12.4 Å². The second kappa shape index (κ2) is 4.47. The van der Waals surface area contributed by atoms with Gasteiger partial charge in [0.25, 0.3) is 0 Å². The van der Waals surface area contributed by atoms with Crippen LogP contribution in [0.4, 0.5) is 4.39 Å². The van der Waals surface area contributed by atoms with Crippen LogP contribution >= 0.6 is 11.3 Å². The molecule has 0 saturated carbocycles. The smallest absolute Gasteiger partial charge is 0.338 e. The van der Waals surface area contributed by atoms with Crippen LogP contribution in [0.5, 0.6) is 0 Å². The molecule has 86 valence electrons. The number of benzene rings is 1. The lowest BCUT2D eigenvalue weighted by molar-refractivity contribution is 0.0692. The molecule has 17 heavy (non-hydrogen) atoms. The number of hydrogen-bond donors (Lipinski definition) is 1. The van der Waals surface area contributed by atoms with Gasteiger partial charge in [-0.3, -0.25) is 4.79 Å². The number of thiophene rings is 1. The average Bonchev–Trinajstić information content (AvgIpc) is 2.76. The summed E-state index contributed by atoms with van der Waals surface area (Å²) in [6, 6.07) is 5.52. The van der Waals surface area contributed by atoms with Crippen molar-refractivity contribution in [3.63, 3.8) is 0 Å². The molecule has 2 aromatic rings. The Morgan fingerprint density at radius 1 is 1.29 bits per heavy atom. The molecular formula is C12H7FO3S. The molecule has 2 rings (SSSR count). The molecule has 0 fully saturated rings. The molecule has 0 aliphatic rings. The minimum atomic E-state index is -1.30. The lowest BCUT2D eigenvalue weighted by Crippen LogP contribution is -1.99. The van der Waals surface area contributed by atoms with Crippen molar-refractivity contribution in [3.8, 4) is 11.1 Å². The summed E-state index contributed by atoms with van der Waals surface area (Å²) < 4.78 is 13.4. The first-order chi connectivity index (χ1) is 8.11. The van der Waals surface area contributed by atoms with E-state index in [0.29, 0.717) is 16.0 Å². The van der Waals surface area contributed by atoms with E-state index in [1.54, 1.807) is 11.4 Å². The summed E-state index contributed by atoms with van der Waals surface area (Å²) >= 11 is 1.25. The zero-order valence-corrected chi connectivity index (χ0v) is 9.33. The first-order valence-electron chi connectivity index (χ1n) is 4.68. The largest absolute Gasteiger partial charge is 0.478 e. The fourth-order valence-electron chi connectivity index (χ4n) is 1.43. The fourth-order valence-corrected chi connectivity index (χ4v) is 2.15. The second-order valence-corrected chi connectivity index (χ2v) is 4.30. The van der Waals surface area contributed by atoms with Crippen LogP contribution in [0.1, 0.15) is 20.0 Å². The molecule has 1 aromatic carbocycles. The number of hydrogen-bond acceptors (Lipinski definition) is 3. The number of halogens is 1. The highest BCUT2D eigenvalue weighted by atomic mass is 32.1. The Morgan fingerprint density at radius 3 is 2.59 bits per heavy atom. The van der Waals surface area contributed by atoms with Crippen molar-refractivity contribution in [1.29, 1.82) is 0 Å². The van der Waals surface area contributed by atoms with Gasteiger partial charge in [0.2, 0.25) is 0 Å². The molecule has 1 aromatic heterocycles.